The van der Waals surface area contributed by atoms with Crippen LogP contribution < -0.4 is 5.43 Å². The number of piperazine rings is 1. The molecule has 4 rings (SSSR count). The summed E-state index contributed by atoms with van der Waals surface area (Å²) in [7, 11) is -3.64. The molecular weight excluding hydrogens is 404 g/mol. The fourth-order valence-electron chi connectivity index (χ4n) is 3.72. The number of carbonyl (C=O) groups excluding carboxylic acids is 1. The molecule has 0 spiro atoms. The fraction of sp³-hybridized carbons (Fsp3) is 0.273. The van der Waals surface area contributed by atoms with E-state index in [9.17, 15) is 18.0 Å². The molecule has 0 N–H and O–H groups in total. The largest absolute Gasteiger partial charge is 0.451 e. The van der Waals surface area contributed by atoms with Crippen molar-refractivity contribution in [2.45, 2.75) is 18.7 Å². The summed E-state index contributed by atoms with van der Waals surface area (Å²) in [4.78, 5) is 26.9. The van der Waals surface area contributed by atoms with Gasteiger partial charge in [0.25, 0.3) is 5.91 Å². The quantitative estimate of drug-likeness (QED) is 0.642. The fourth-order valence-corrected chi connectivity index (χ4v) is 5.35. The maximum absolute atomic E-state index is 13.0. The summed E-state index contributed by atoms with van der Waals surface area (Å²) >= 11 is 0. The number of para-hydroxylation sites is 1. The predicted octanol–water partition coefficient (Wildman–Crippen LogP) is 2.56. The van der Waals surface area contributed by atoms with E-state index >= 15 is 0 Å². The Bertz CT molecular complexity index is 1290. The van der Waals surface area contributed by atoms with E-state index in [-0.39, 0.29) is 42.3 Å². The number of hydrogen-bond donors (Lipinski definition) is 0. The zero-order chi connectivity index (χ0) is 21.5. The minimum absolute atomic E-state index is 0.0376. The summed E-state index contributed by atoms with van der Waals surface area (Å²) in [6, 6.07) is 13.2. The van der Waals surface area contributed by atoms with Crippen LogP contribution in [0.2, 0.25) is 0 Å². The number of aryl methyl sites for hydroxylation is 2. The van der Waals surface area contributed by atoms with Crippen LogP contribution in [0.5, 0.6) is 0 Å². The van der Waals surface area contributed by atoms with Gasteiger partial charge in [-0.05, 0) is 37.6 Å². The van der Waals surface area contributed by atoms with Crippen molar-refractivity contribution < 1.29 is 17.6 Å². The smallest absolute Gasteiger partial charge is 0.289 e. The minimum atomic E-state index is -3.64. The Hall–Kier alpha value is -2.97. The molecule has 1 aromatic heterocycles. The summed E-state index contributed by atoms with van der Waals surface area (Å²) in [5.74, 6) is -0.453. The molecule has 0 radical (unpaired) electrons. The Morgan fingerprint density at radius 1 is 0.967 bits per heavy atom. The third-order valence-corrected chi connectivity index (χ3v) is 7.38. The Morgan fingerprint density at radius 3 is 2.37 bits per heavy atom. The third kappa shape index (κ3) is 3.64. The molecule has 30 heavy (non-hydrogen) atoms. The van der Waals surface area contributed by atoms with Gasteiger partial charge < -0.3 is 9.32 Å². The zero-order valence-electron chi connectivity index (χ0n) is 16.8. The first-order valence-corrected chi connectivity index (χ1v) is 11.1. The van der Waals surface area contributed by atoms with Crippen LogP contribution in [0.1, 0.15) is 21.7 Å². The molecule has 0 unspecified atom stereocenters. The molecule has 3 aromatic rings. The second-order valence-corrected chi connectivity index (χ2v) is 9.34. The molecule has 0 bridgehead atoms. The molecule has 2 heterocycles. The molecule has 1 aliphatic heterocycles. The standard InChI is InChI=1S/C22H22N2O5S/c1-15-7-8-21(16(2)13-15)30(27,28)24-11-9-23(10-12-24)22(26)20-14-18(25)17-5-3-4-6-19(17)29-20/h3-8,13-14H,9-12H2,1-2H3. The lowest BCUT2D eigenvalue weighted by Gasteiger charge is -2.34. The highest BCUT2D eigenvalue weighted by Crippen LogP contribution is 2.23. The van der Waals surface area contributed by atoms with Crippen LogP contribution in [-0.4, -0.2) is 49.7 Å². The van der Waals surface area contributed by atoms with E-state index in [1.165, 1.54) is 15.3 Å². The van der Waals surface area contributed by atoms with Crippen LogP contribution in [0.25, 0.3) is 11.0 Å². The van der Waals surface area contributed by atoms with Crippen LogP contribution in [0.15, 0.2) is 62.6 Å². The molecule has 8 heteroatoms. The van der Waals surface area contributed by atoms with Gasteiger partial charge in [0.1, 0.15) is 5.58 Å². The van der Waals surface area contributed by atoms with Crippen LogP contribution in [-0.2, 0) is 10.0 Å². The van der Waals surface area contributed by atoms with Gasteiger partial charge in [0.2, 0.25) is 10.0 Å². The average Bonchev–Trinajstić information content (AvgIpc) is 2.73. The third-order valence-electron chi connectivity index (χ3n) is 5.32. The van der Waals surface area contributed by atoms with E-state index in [0.29, 0.717) is 16.5 Å². The van der Waals surface area contributed by atoms with Crippen molar-refractivity contribution in [3.8, 4) is 0 Å². The van der Waals surface area contributed by atoms with Gasteiger partial charge in [-0.2, -0.15) is 4.31 Å². The lowest BCUT2D eigenvalue weighted by atomic mass is 10.2. The summed E-state index contributed by atoms with van der Waals surface area (Å²) in [6.07, 6.45) is 0. The Kier molecular flexibility index (Phi) is 5.21. The number of nitrogens with zero attached hydrogens (tertiary/aromatic N) is 2. The zero-order valence-corrected chi connectivity index (χ0v) is 17.6. The number of sulfonamides is 1. The summed E-state index contributed by atoms with van der Waals surface area (Å²) in [5, 5.41) is 0.415. The molecule has 1 aliphatic rings. The topological polar surface area (TPSA) is 87.9 Å². The number of carbonyl (C=O) groups is 1. The first kappa shape index (κ1) is 20.3. The Morgan fingerprint density at radius 2 is 1.67 bits per heavy atom. The van der Waals surface area contributed by atoms with Crippen molar-refractivity contribution in [1.29, 1.82) is 0 Å². The van der Waals surface area contributed by atoms with E-state index in [2.05, 4.69) is 0 Å². The van der Waals surface area contributed by atoms with Crippen molar-refractivity contribution in [2.24, 2.45) is 0 Å². The van der Waals surface area contributed by atoms with Crippen LogP contribution in [0.4, 0.5) is 0 Å². The molecule has 0 aliphatic carbocycles. The van der Waals surface area contributed by atoms with Gasteiger partial charge in [0.05, 0.1) is 10.3 Å². The molecule has 1 saturated heterocycles. The van der Waals surface area contributed by atoms with Crippen molar-refractivity contribution in [1.82, 2.24) is 9.21 Å². The maximum Gasteiger partial charge on any atom is 0.289 e. The van der Waals surface area contributed by atoms with Gasteiger partial charge in [0.15, 0.2) is 11.2 Å². The average molecular weight is 426 g/mol. The number of hydrogen-bond acceptors (Lipinski definition) is 5. The van der Waals surface area contributed by atoms with E-state index in [1.807, 2.05) is 13.0 Å². The van der Waals surface area contributed by atoms with Crippen molar-refractivity contribution >= 4 is 26.9 Å². The second kappa shape index (κ2) is 7.70. The Labute approximate surface area is 174 Å². The van der Waals surface area contributed by atoms with E-state index in [4.69, 9.17) is 4.42 Å². The molecule has 156 valence electrons. The molecule has 0 atom stereocenters. The molecular formula is C22H22N2O5S. The highest BCUT2D eigenvalue weighted by molar-refractivity contribution is 7.89. The summed E-state index contributed by atoms with van der Waals surface area (Å²) in [5.41, 5.74) is 1.77. The van der Waals surface area contributed by atoms with Crippen LogP contribution >= 0.6 is 0 Å². The maximum atomic E-state index is 13.0. The van der Waals surface area contributed by atoms with Crippen molar-refractivity contribution in [3.63, 3.8) is 0 Å². The molecule has 1 amide bonds. The highest BCUT2D eigenvalue weighted by atomic mass is 32.2. The van der Waals surface area contributed by atoms with E-state index < -0.39 is 15.9 Å². The van der Waals surface area contributed by atoms with Crippen LogP contribution in [0.3, 0.4) is 0 Å². The van der Waals surface area contributed by atoms with E-state index in [0.717, 1.165) is 5.56 Å². The number of rotatable bonds is 3. The lowest BCUT2D eigenvalue weighted by Crippen LogP contribution is -2.50. The highest BCUT2D eigenvalue weighted by Gasteiger charge is 2.32. The van der Waals surface area contributed by atoms with Gasteiger partial charge in [-0.1, -0.05) is 29.8 Å². The van der Waals surface area contributed by atoms with Gasteiger partial charge >= 0.3 is 0 Å². The van der Waals surface area contributed by atoms with Gasteiger partial charge in [0, 0.05) is 32.2 Å². The number of benzene rings is 2. The minimum Gasteiger partial charge on any atom is -0.451 e. The van der Waals surface area contributed by atoms with E-state index in [1.54, 1.807) is 43.3 Å². The number of fused-ring (bicyclic) bond motifs is 1. The monoisotopic (exact) mass is 426 g/mol. The molecule has 2 aromatic carbocycles. The first-order chi connectivity index (χ1) is 14.3. The van der Waals surface area contributed by atoms with Gasteiger partial charge in [-0.25, -0.2) is 8.42 Å². The van der Waals surface area contributed by atoms with Crippen molar-refractivity contribution in [2.75, 3.05) is 26.2 Å². The van der Waals surface area contributed by atoms with Gasteiger partial charge in [-0.15, -0.1) is 0 Å². The second-order valence-electron chi connectivity index (χ2n) is 7.44. The molecule has 1 fully saturated rings. The normalized spacial score (nSPS) is 15.5. The number of amides is 1. The first-order valence-electron chi connectivity index (χ1n) is 9.67. The Balaban J connectivity index is 1.52. The molecule has 0 saturated carbocycles. The summed E-state index contributed by atoms with van der Waals surface area (Å²) in [6.45, 7) is 4.50. The van der Waals surface area contributed by atoms with Crippen molar-refractivity contribution in [3.05, 3.63) is 75.6 Å². The van der Waals surface area contributed by atoms with Gasteiger partial charge in [-0.3, -0.25) is 9.59 Å². The predicted molar refractivity (Wildman–Crippen MR) is 113 cm³/mol. The molecule has 7 nitrogen and oxygen atoms in total. The van der Waals surface area contributed by atoms with Crippen LogP contribution in [0, 0.1) is 13.8 Å². The SMILES string of the molecule is Cc1ccc(S(=O)(=O)N2CCN(C(=O)c3cc(=O)c4ccccc4o3)CC2)c(C)c1. The lowest BCUT2D eigenvalue weighted by molar-refractivity contribution is 0.0666. The summed E-state index contributed by atoms with van der Waals surface area (Å²) < 4.78 is 33.1.